The Morgan fingerprint density at radius 3 is 2.40 bits per heavy atom. The number of fused-ring (bicyclic) bond motifs is 1. The lowest BCUT2D eigenvalue weighted by Gasteiger charge is -2.30. The van der Waals surface area contributed by atoms with E-state index in [1.54, 1.807) is 11.9 Å². The molecule has 1 atom stereocenters. The quantitative estimate of drug-likeness (QED) is 0.590. The van der Waals surface area contributed by atoms with Gasteiger partial charge in [-0.2, -0.15) is 0 Å². The fourth-order valence-corrected chi connectivity index (χ4v) is 3.61. The Kier molecular flexibility index (Phi) is 7.44. The van der Waals surface area contributed by atoms with Crippen LogP contribution in [0, 0.1) is 0 Å². The average molecular weight is 405 g/mol. The Labute approximate surface area is 177 Å². The SMILES string of the molecule is CCC(C(=O)NC)N(CCc1ccccc1)C(=O)COc1cccc2ccccc12. The van der Waals surface area contributed by atoms with Crippen LogP contribution in [0.4, 0.5) is 0 Å². The van der Waals surface area contributed by atoms with E-state index in [-0.39, 0.29) is 18.4 Å². The summed E-state index contributed by atoms with van der Waals surface area (Å²) in [5, 5.41) is 4.69. The highest BCUT2D eigenvalue weighted by molar-refractivity contribution is 5.90. The number of nitrogens with one attached hydrogen (secondary N) is 1. The van der Waals surface area contributed by atoms with Crippen molar-refractivity contribution in [3.8, 4) is 5.75 Å². The van der Waals surface area contributed by atoms with Crippen LogP contribution in [0.15, 0.2) is 72.8 Å². The molecule has 30 heavy (non-hydrogen) atoms. The van der Waals surface area contributed by atoms with E-state index < -0.39 is 6.04 Å². The van der Waals surface area contributed by atoms with Crippen LogP contribution in [0.1, 0.15) is 18.9 Å². The van der Waals surface area contributed by atoms with E-state index in [0.29, 0.717) is 25.1 Å². The first kappa shape index (κ1) is 21.4. The Bertz CT molecular complexity index is 983. The molecule has 0 aliphatic heterocycles. The van der Waals surface area contributed by atoms with Gasteiger partial charge in [0.05, 0.1) is 0 Å². The summed E-state index contributed by atoms with van der Waals surface area (Å²) in [6, 6.07) is 23.1. The van der Waals surface area contributed by atoms with Gasteiger partial charge in [0, 0.05) is 19.0 Å². The van der Waals surface area contributed by atoms with Gasteiger partial charge in [-0.1, -0.05) is 73.7 Å². The van der Waals surface area contributed by atoms with E-state index in [9.17, 15) is 9.59 Å². The van der Waals surface area contributed by atoms with Crippen LogP contribution >= 0.6 is 0 Å². The van der Waals surface area contributed by atoms with E-state index in [2.05, 4.69) is 5.32 Å². The van der Waals surface area contributed by atoms with Gasteiger partial charge in [-0.25, -0.2) is 0 Å². The maximum Gasteiger partial charge on any atom is 0.261 e. The van der Waals surface area contributed by atoms with Gasteiger partial charge in [0.2, 0.25) is 5.91 Å². The maximum absolute atomic E-state index is 13.1. The van der Waals surface area contributed by atoms with Crippen molar-refractivity contribution in [1.82, 2.24) is 10.2 Å². The molecule has 0 bridgehead atoms. The molecule has 2 amide bonds. The van der Waals surface area contributed by atoms with E-state index >= 15 is 0 Å². The van der Waals surface area contributed by atoms with Gasteiger partial charge >= 0.3 is 0 Å². The summed E-state index contributed by atoms with van der Waals surface area (Å²) in [5.41, 5.74) is 1.12. The predicted octanol–water partition coefficient (Wildman–Crippen LogP) is 3.81. The second-order valence-corrected chi connectivity index (χ2v) is 7.13. The molecule has 5 nitrogen and oxygen atoms in total. The summed E-state index contributed by atoms with van der Waals surface area (Å²) in [7, 11) is 1.59. The Hall–Kier alpha value is -3.34. The van der Waals surface area contributed by atoms with Crippen LogP contribution in [0.5, 0.6) is 5.75 Å². The molecular weight excluding hydrogens is 376 g/mol. The van der Waals surface area contributed by atoms with Crippen molar-refractivity contribution in [3.63, 3.8) is 0 Å². The van der Waals surface area contributed by atoms with Crippen molar-refractivity contribution >= 4 is 22.6 Å². The molecule has 0 aliphatic carbocycles. The molecule has 1 unspecified atom stereocenters. The molecule has 0 heterocycles. The molecule has 0 spiro atoms. The third-order valence-electron chi connectivity index (χ3n) is 5.22. The molecule has 5 heteroatoms. The topological polar surface area (TPSA) is 58.6 Å². The molecule has 0 saturated heterocycles. The van der Waals surface area contributed by atoms with Crippen LogP contribution in [0.2, 0.25) is 0 Å². The zero-order chi connectivity index (χ0) is 21.3. The van der Waals surface area contributed by atoms with Crippen molar-refractivity contribution in [2.24, 2.45) is 0 Å². The summed E-state index contributed by atoms with van der Waals surface area (Å²) < 4.78 is 5.90. The molecule has 1 N–H and O–H groups in total. The molecule has 0 aromatic heterocycles. The number of benzene rings is 3. The Balaban J connectivity index is 1.75. The maximum atomic E-state index is 13.1. The molecule has 0 saturated carbocycles. The first-order valence-corrected chi connectivity index (χ1v) is 10.3. The highest BCUT2D eigenvalue weighted by Gasteiger charge is 2.28. The van der Waals surface area contributed by atoms with Crippen molar-refractivity contribution in [3.05, 3.63) is 78.4 Å². The first-order valence-electron chi connectivity index (χ1n) is 10.3. The Morgan fingerprint density at radius 2 is 1.67 bits per heavy atom. The number of hydrogen-bond donors (Lipinski definition) is 1. The molecule has 3 rings (SSSR count). The van der Waals surface area contributed by atoms with Gasteiger partial charge in [-0.3, -0.25) is 9.59 Å². The van der Waals surface area contributed by atoms with Crippen molar-refractivity contribution < 1.29 is 14.3 Å². The minimum absolute atomic E-state index is 0.115. The minimum atomic E-state index is -0.526. The summed E-state index contributed by atoms with van der Waals surface area (Å²) in [5.74, 6) is 0.302. The number of hydrogen-bond acceptors (Lipinski definition) is 3. The van der Waals surface area contributed by atoms with E-state index in [4.69, 9.17) is 4.74 Å². The van der Waals surface area contributed by atoms with Crippen molar-refractivity contribution in [2.75, 3.05) is 20.2 Å². The molecule has 3 aromatic rings. The number of amides is 2. The van der Waals surface area contributed by atoms with Gasteiger partial charge in [-0.15, -0.1) is 0 Å². The minimum Gasteiger partial charge on any atom is -0.483 e. The van der Waals surface area contributed by atoms with Gasteiger partial charge < -0.3 is 15.0 Å². The number of carbonyl (C=O) groups is 2. The second kappa shape index (κ2) is 10.4. The lowest BCUT2D eigenvalue weighted by Crippen LogP contribution is -2.50. The number of likely N-dealkylation sites (N-methyl/N-ethyl adjacent to an activating group) is 1. The van der Waals surface area contributed by atoms with Crippen molar-refractivity contribution in [2.45, 2.75) is 25.8 Å². The lowest BCUT2D eigenvalue weighted by atomic mass is 10.1. The Morgan fingerprint density at radius 1 is 0.967 bits per heavy atom. The molecule has 156 valence electrons. The smallest absolute Gasteiger partial charge is 0.261 e. The zero-order valence-corrected chi connectivity index (χ0v) is 17.5. The standard InChI is InChI=1S/C25H28N2O3/c1-3-22(25(29)26-2)27(17-16-19-10-5-4-6-11-19)24(28)18-30-23-15-9-13-20-12-7-8-14-21(20)23/h4-15,22H,3,16-18H2,1-2H3,(H,26,29). The highest BCUT2D eigenvalue weighted by atomic mass is 16.5. The molecule has 0 radical (unpaired) electrons. The molecule has 0 fully saturated rings. The number of nitrogens with zero attached hydrogens (tertiary/aromatic N) is 1. The van der Waals surface area contributed by atoms with E-state index in [1.165, 1.54) is 0 Å². The molecule has 3 aromatic carbocycles. The molecule has 0 aliphatic rings. The van der Waals surface area contributed by atoms with Crippen LogP contribution in [0.25, 0.3) is 10.8 Å². The highest BCUT2D eigenvalue weighted by Crippen LogP contribution is 2.25. The predicted molar refractivity (Wildman–Crippen MR) is 119 cm³/mol. The van der Waals surface area contributed by atoms with E-state index in [1.807, 2.05) is 79.7 Å². The first-order chi connectivity index (χ1) is 14.6. The summed E-state index contributed by atoms with van der Waals surface area (Å²) in [6.07, 6.45) is 1.21. The lowest BCUT2D eigenvalue weighted by molar-refractivity contribution is -0.142. The zero-order valence-electron chi connectivity index (χ0n) is 17.5. The number of carbonyl (C=O) groups excluding carboxylic acids is 2. The third-order valence-corrected chi connectivity index (χ3v) is 5.22. The number of ether oxygens (including phenoxy) is 1. The van der Waals surface area contributed by atoms with Gasteiger partial charge in [-0.05, 0) is 29.9 Å². The van der Waals surface area contributed by atoms with Gasteiger partial charge in [0.25, 0.3) is 5.91 Å². The monoisotopic (exact) mass is 404 g/mol. The molecular formula is C25H28N2O3. The van der Waals surface area contributed by atoms with Crippen LogP contribution in [-0.4, -0.2) is 43.0 Å². The average Bonchev–Trinajstić information content (AvgIpc) is 2.80. The largest absolute Gasteiger partial charge is 0.483 e. The van der Waals surface area contributed by atoms with Crippen LogP contribution in [0.3, 0.4) is 0 Å². The van der Waals surface area contributed by atoms with Crippen LogP contribution < -0.4 is 10.1 Å². The second-order valence-electron chi connectivity index (χ2n) is 7.13. The van der Waals surface area contributed by atoms with Gasteiger partial charge in [0.1, 0.15) is 11.8 Å². The normalized spacial score (nSPS) is 11.7. The fraction of sp³-hybridized carbons (Fsp3) is 0.280. The van der Waals surface area contributed by atoms with Gasteiger partial charge in [0.15, 0.2) is 6.61 Å². The number of rotatable bonds is 9. The summed E-state index contributed by atoms with van der Waals surface area (Å²) in [4.78, 5) is 27.2. The third kappa shape index (κ3) is 5.17. The fourth-order valence-electron chi connectivity index (χ4n) is 3.61. The van der Waals surface area contributed by atoms with Crippen molar-refractivity contribution in [1.29, 1.82) is 0 Å². The summed E-state index contributed by atoms with van der Waals surface area (Å²) >= 11 is 0. The van der Waals surface area contributed by atoms with Crippen LogP contribution in [-0.2, 0) is 16.0 Å². The summed E-state index contributed by atoms with van der Waals surface area (Å²) in [6.45, 7) is 2.25. The van der Waals surface area contributed by atoms with E-state index in [0.717, 1.165) is 16.3 Å².